The third-order valence-electron chi connectivity index (χ3n) is 2.43. The summed E-state index contributed by atoms with van der Waals surface area (Å²) in [6.45, 7) is 0. The first-order valence-electron chi connectivity index (χ1n) is 5.39. The van der Waals surface area contributed by atoms with Gasteiger partial charge in [-0.25, -0.2) is 4.98 Å². The van der Waals surface area contributed by atoms with Crippen molar-refractivity contribution in [3.63, 3.8) is 0 Å². The summed E-state index contributed by atoms with van der Waals surface area (Å²) in [5.41, 5.74) is 5.69. The maximum absolute atomic E-state index is 13.3. The summed E-state index contributed by atoms with van der Waals surface area (Å²) < 4.78 is 13.3. The summed E-state index contributed by atoms with van der Waals surface area (Å²) in [7, 11) is 0. The van der Waals surface area contributed by atoms with E-state index in [0.717, 1.165) is 0 Å². The first kappa shape index (κ1) is 12.7. The van der Waals surface area contributed by atoms with Crippen molar-refractivity contribution in [3.8, 4) is 0 Å². The molecule has 19 heavy (non-hydrogen) atoms. The predicted molar refractivity (Wildman–Crippen MR) is 67.1 cm³/mol. The average Bonchev–Trinajstić information content (AvgIpc) is 2.39. The first-order valence-corrected chi connectivity index (χ1v) is 5.39. The van der Waals surface area contributed by atoms with Crippen molar-refractivity contribution in [2.24, 2.45) is 5.73 Å². The fraction of sp³-hybridized carbons (Fsp3) is 0. The number of hydrogen-bond donors (Lipinski definition) is 2. The van der Waals surface area contributed by atoms with E-state index >= 15 is 0 Å². The average molecular weight is 259 g/mol. The maximum Gasteiger partial charge on any atom is 0.260 e. The van der Waals surface area contributed by atoms with E-state index in [0.29, 0.717) is 11.3 Å². The topological polar surface area (TPSA) is 85.1 Å². The van der Waals surface area contributed by atoms with Crippen LogP contribution >= 0.6 is 0 Å². The second-order valence-corrected chi connectivity index (χ2v) is 3.74. The molecule has 0 saturated carbocycles. The van der Waals surface area contributed by atoms with Crippen molar-refractivity contribution in [3.05, 3.63) is 59.7 Å². The van der Waals surface area contributed by atoms with Gasteiger partial charge >= 0.3 is 0 Å². The van der Waals surface area contributed by atoms with Crippen LogP contribution in [0.4, 0.5) is 10.1 Å². The number of halogens is 1. The second-order valence-electron chi connectivity index (χ2n) is 3.74. The smallest absolute Gasteiger partial charge is 0.260 e. The third kappa shape index (κ3) is 2.92. The van der Waals surface area contributed by atoms with Crippen LogP contribution in [0.1, 0.15) is 20.7 Å². The van der Waals surface area contributed by atoms with Crippen LogP contribution in [0.25, 0.3) is 0 Å². The van der Waals surface area contributed by atoms with E-state index < -0.39 is 17.8 Å². The predicted octanol–water partition coefficient (Wildman–Crippen LogP) is 1.57. The Morgan fingerprint density at radius 3 is 2.42 bits per heavy atom. The third-order valence-corrected chi connectivity index (χ3v) is 2.43. The number of nitrogens with zero attached hydrogens (tertiary/aromatic N) is 1. The van der Waals surface area contributed by atoms with Crippen LogP contribution < -0.4 is 11.1 Å². The van der Waals surface area contributed by atoms with Gasteiger partial charge in [0.1, 0.15) is 0 Å². The van der Waals surface area contributed by atoms with Crippen LogP contribution in [0.2, 0.25) is 0 Å². The van der Waals surface area contributed by atoms with E-state index in [2.05, 4.69) is 10.3 Å². The van der Waals surface area contributed by atoms with E-state index in [4.69, 9.17) is 5.73 Å². The van der Waals surface area contributed by atoms with Gasteiger partial charge in [0, 0.05) is 17.4 Å². The van der Waals surface area contributed by atoms with Crippen molar-refractivity contribution in [2.75, 3.05) is 5.32 Å². The number of aromatic nitrogens is 1. The summed E-state index contributed by atoms with van der Waals surface area (Å²) in [6, 6.07) is 8.75. The fourth-order valence-corrected chi connectivity index (χ4v) is 1.47. The lowest BCUT2D eigenvalue weighted by Gasteiger charge is -2.05. The molecule has 1 heterocycles. The molecule has 3 N–H and O–H groups in total. The number of amides is 2. The number of benzene rings is 1. The molecule has 0 bridgehead atoms. The zero-order chi connectivity index (χ0) is 13.8. The van der Waals surface area contributed by atoms with Crippen LogP contribution in [0.15, 0.2) is 42.6 Å². The van der Waals surface area contributed by atoms with E-state index in [1.165, 1.54) is 42.6 Å². The normalized spacial score (nSPS) is 9.95. The molecule has 0 atom stereocenters. The van der Waals surface area contributed by atoms with Gasteiger partial charge in [-0.2, -0.15) is 4.39 Å². The molecule has 96 valence electrons. The number of pyridine rings is 1. The van der Waals surface area contributed by atoms with Crippen molar-refractivity contribution in [1.82, 2.24) is 4.98 Å². The Hall–Kier alpha value is -2.76. The number of anilines is 1. The van der Waals surface area contributed by atoms with Gasteiger partial charge < -0.3 is 11.1 Å². The molecule has 0 radical (unpaired) electrons. The molecule has 0 fully saturated rings. The van der Waals surface area contributed by atoms with E-state index in [1.54, 1.807) is 0 Å². The zero-order valence-corrected chi connectivity index (χ0v) is 9.76. The number of nitrogens with two attached hydrogens (primary N) is 1. The van der Waals surface area contributed by atoms with Gasteiger partial charge in [0.2, 0.25) is 11.9 Å². The summed E-state index contributed by atoms with van der Waals surface area (Å²) in [4.78, 5) is 26.0. The number of hydrogen-bond acceptors (Lipinski definition) is 3. The Balaban J connectivity index is 2.15. The summed E-state index contributed by atoms with van der Waals surface area (Å²) in [5, 5.41) is 2.49. The van der Waals surface area contributed by atoms with Crippen LogP contribution in [0, 0.1) is 5.95 Å². The zero-order valence-electron chi connectivity index (χ0n) is 9.76. The molecular weight excluding hydrogens is 249 g/mol. The molecule has 5 nitrogen and oxygen atoms in total. The molecule has 1 aromatic carbocycles. The molecule has 0 aliphatic heterocycles. The molecule has 6 heteroatoms. The molecule has 0 spiro atoms. The van der Waals surface area contributed by atoms with E-state index in [9.17, 15) is 14.0 Å². The summed E-state index contributed by atoms with van der Waals surface area (Å²) in [5.74, 6) is -2.01. The summed E-state index contributed by atoms with van der Waals surface area (Å²) >= 11 is 0. The highest BCUT2D eigenvalue weighted by Crippen LogP contribution is 2.12. The molecule has 0 aliphatic rings. The monoisotopic (exact) mass is 259 g/mol. The molecule has 0 aliphatic carbocycles. The number of rotatable bonds is 3. The van der Waals surface area contributed by atoms with Gasteiger partial charge in [-0.3, -0.25) is 9.59 Å². The molecule has 1 aromatic heterocycles. The minimum atomic E-state index is -0.839. The number of primary amides is 1. The molecule has 0 saturated heterocycles. The highest BCUT2D eigenvalue weighted by molar-refractivity contribution is 6.04. The quantitative estimate of drug-likeness (QED) is 0.820. The van der Waals surface area contributed by atoms with Gasteiger partial charge in [-0.1, -0.05) is 0 Å². The van der Waals surface area contributed by atoms with Crippen molar-refractivity contribution in [2.45, 2.75) is 0 Å². The molecule has 2 aromatic rings. The lowest BCUT2D eigenvalue weighted by molar-refractivity contribution is 0.0997. The van der Waals surface area contributed by atoms with Crippen LogP contribution in [0.5, 0.6) is 0 Å². The van der Waals surface area contributed by atoms with Crippen LogP contribution in [-0.2, 0) is 0 Å². The molecule has 2 rings (SSSR count). The highest BCUT2D eigenvalue weighted by atomic mass is 19.1. The lowest BCUT2D eigenvalue weighted by Crippen LogP contribution is -2.15. The van der Waals surface area contributed by atoms with Gasteiger partial charge in [0.25, 0.3) is 5.91 Å². The van der Waals surface area contributed by atoms with Crippen molar-refractivity contribution < 1.29 is 14.0 Å². The Morgan fingerprint density at radius 1 is 1.16 bits per heavy atom. The highest BCUT2D eigenvalue weighted by Gasteiger charge is 2.12. The van der Waals surface area contributed by atoms with E-state index in [1.807, 2.05) is 0 Å². The Bertz CT molecular complexity index is 626. The fourth-order valence-electron chi connectivity index (χ4n) is 1.47. The SMILES string of the molecule is NC(=O)c1ccc(NC(=O)c2cccnc2F)cc1. The van der Waals surface area contributed by atoms with Crippen molar-refractivity contribution in [1.29, 1.82) is 0 Å². The van der Waals surface area contributed by atoms with Gasteiger partial charge in [0.05, 0.1) is 5.56 Å². The van der Waals surface area contributed by atoms with Crippen LogP contribution in [-0.4, -0.2) is 16.8 Å². The standard InChI is InChI=1S/C13H10FN3O2/c14-11-10(2-1-7-16-11)13(19)17-9-5-3-8(4-6-9)12(15)18/h1-7H,(H2,15,18)(H,17,19). The van der Waals surface area contributed by atoms with Gasteiger partial charge in [0.15, 0.2) is 0 Å². The second kappa shape index (κ2) is 5.26. The number of carbonyl (C=O) groups is 2. The maximum atomic E-state index is 13.3. The lowest BCUT2D eigenvalue weighted by atomic mass is 10.2. The first-order chi connectivity index (χ1) is 9.08. The molecule has 0 unspecified atom stereocenters. The summed E-state index contributed by atoms with van der Waals surface area (Å²) in [6.07, 6.45) is 1.26. The van der Waals surface area contributed by atoms with Gasteiger partial charge in [-0.05, 0) is 36.4 Å². The van der Waals surface area contributed by atoms with Crippen LogP contribution in [0.3, 0.4) is 0 Å². The minimum Gasteiger partial charge on any atom is -0.366 e. The number of nitrogens with one attached hydrogen (secondary N) is 1. The Labute approximate surface area is 108 Å². The van der Waals surface area contributed by atoms with Crippen molar-refractivity contribution >= 4 is 17.5 Å². The Morgan fingerprint density at radius 2 is 1.84 bits per heavy atom. The molecular formula is C13H10FN3O2. The number of carbonyl (C=O) groups excluding carboxylic acids is 2. The Kier molecular flexibility index (Phi) is 3.51. The minimum absolute atomic E-state index is 0.151. The van der Waals surface area contributed by atoms with E-state index in [-0.39, 0.29) is 5.56 Å². The molecule has 2 amide bonds. The largest absolute Gasteiger partial charge is 0.366 e. The van der Waals surface area contributed by atoms with Gasteiger partial charge in [-0.15, -0.1) is 0 Å².